The molecule has 4 heterocycles. The van der Waals surface area contributed by atoms with Gasteiger partial charge in [0.15, 0.2) is 5.82 Å². The largest absolute Gasteiger partial charge is 0.378 e. The van der Waals surface area contributed by atoms with Crippen LogP contribution in [0, 0.1) is 11.3 Å². The zero-order valence-electron chi connectivity index (χ0n) is 19.9. The van der Waals surface area contributed by atoms with Crippen molar-refractivity contribution < 1.29 is 4.74 Å². The molecule has 0 spiro atoms. The maximum Gasteiger partial charge on any atom is 0.232 e. The van der Waals surface area contributed by atoms with Crippen molar-refractivity contribution in [3.8, 4) is 28.0 Å². The van der Waals surface area contributed by atoms with Crippen molar-refractivity contribution in [1.29, 1.82) is 5.26 Å². The summed E-state index contributed by atoms with van der Waals surface area (Å²) in [6, 6.07) is 26.3. The molecule has 0 saturated carbocycles. The Hall–Kier alpha value is -4.52. The summed E-state index contributed by atoms with van der Waals surface area (Å²) in [6.45, 7) is 2.67. The van der Waals surface area contributed by atoms with E-state index in [1.165, 1.54) is 0 Å². The molecule has 8 nitrogen and oxygen atoms in total. The third-order valence-electron chi connectivity index (χ3n) is 6.13. The van der Waals surface area contributed by atoms with Gasteiger partial charge in [-0.1, -0.05) is 42.5 Å². The van der Waals surface area contributed by atoms with E-state index in [4.69, 9.17) is 9.84 Å². The van der Waals surface area contributed by atoms with Crippen LogP contribution in [0.4, 0.5) is 5.95 Å². The van der Waals surface area contributed by atoms with Crippen LogP contribution in [-0.2, 0) is 4.74 Å². The van der Waals surface area contributed by atoms with Crippen molar-refractivity contribution >= 4 is 28.9 Å². The van der Waals surface area contributed by atoms with Gasteiger partial charge in [0.2, 0.25) is 5.95 Å². The molecule has 5 aromatic rings. The number of rotatable bonds is 6. The highest BCUT2D eigenvalue weighted by Crippen LogP contribution is 2.32. The number of nitriles is 1. The summed E-state index contributed by atoms with van der Waals surface area (Å²) in [5, 5.41) is 26.2. The van der Waals surface area contributed by atoms with Crippen LogP contribution in [0.15, 0.2) is 84.4 Å². The summed E-state index contributed by atoms with van der Waals surface area (Å²) < 4.78 is 9.33. The molecule has 6 rings (SSSR count). The fraction of sp³-hybridized carbons (Fsp3) is 0.143. The molecule has 3 aromatic heterocycles. The molecule has 0 atom stereocenters. The Balaban J connectivity index is 1.50. The van der Waals surface area contributed by atoms with Gasteiger partial charge < -0.3 is 9.64 Å². The summed E-state index contributed by atoms with van der Waals surface area (Å²) in [4.78, 5) is 3.17. The predicted octanol–water partition coefficient (Wildman–Crippen LogP) is 5.08. The van der Waals surface area contributed by atoms with Crippen LogP contribution in [0.3, 0.4) is 0 Å². The van der Waals surface area contributed by atoms with Crippen molar-refractivity contribution in [3.63, 3.8) is 0 Å². The minimum absolute atomic E-state index is 0.404. The van der Waals surface area contributed by atoms with E-state index in [1.54, 1.807) is 11.3 Å². The van der Waals surface area contributed by atoms with Gasteiger partial charge in [0.25, 0.3) is 0 Å². The first-order valence-corrected chi connectivity index (χ1v) is 12.8. The van der Waals surface area contributed by atoms with Gasteiger partial charge >= 0.3 is 0 Å². The molecule has 2 aromatic carbocycles. The van der Waals surface area contributed by atoms with Crippen LogP contribution in [-0.4, -0.2) is 50.8 Å². The zero-order chi connectivity index (χ0) is 25.0. The number of benzene rings is 2. The highest BCUT2D eigenvalue weighted by Gasteiger charge is 2.24. The number of anilines is 1. The molecular weight excluding hydrogens is 482 g/mol. The molecule has 9 heteroatoms. The molecule has 1 fully saturated rings. The third kappa shape index (κ3) is 4.56. The van der Waals surface area contributed by atoms with Gasteiger partial charge in [0, 0.05) is 24.8 Å². The number of nitrogens with zero attached hydrogens (tertiary/aromatic N) is 7. The van der Waals surface area contributed by atoms with Crippen molar-refractivity contribution in [2.75, 3.05) is 31.2 Å². The number of allylic oxidation sites excluding steroid dienone is 1. The Kier molecular flexibility index (Phi) is 6.33. The van der Waals surface area contributed by atoms with E-state index >= 15 is 0 Å². The van der Waals surface area contributed by atoms with Crippen LogP contribution in [0.2, 0.25) is 0 Å². The SMILES string of the molecule is N#C/C(=C/c1cn(-c2ccccc2)nc1-c1cccs1)c1nnc(N2CCOCC2)n1-c1ccccc1. The minimum atomic E-state index is 0.404. The van der Waals surface area contributed by atoms with E-state index in [9.17, 15) is 5.26 Å². The Morgan fingerprint density at radius 1 is 0.919 bits per heavy atom. The molecule has 0 amide bonds. The average Bonchev–Trinajstić information content (AvgIpc) is 3.73. The molecule has 0 radical (unpaired) electrons. The molecule has 0 aliphatic carbocycles. The second-order valence-electron chi connectivity index (χ2n) is 8.45. The fourth-order valence-electron chi connectivity index (χ4n) is 4.35. The summed E-state index contributed by atoms with van der Waals surface area (Å²) in [6.07, 6.45) is 3.81. The second kappa shape index (κ2) is 10.2. The highest BCUT2D eigenvalue weighted by molar-refractivity contribution is 7.13. The topological polar surface area (TPSA) is 84.8 Å². The quantitative estimate of drug-likeness (QED) is 0.299. The Morgan fingerprint density at radius 2 is 1.65 bits per heavy atom. The van der Waals surface area contributed by atoms with E-state index in [1.807, 2.05) is 99.7 Å². The fourth-order valence-corrected chi connectivity index (χ4v) is 5.08. The van der Waals surface area contributed by atoms with Crippen molar-refractivity contribution in [3.05, 3.63) is 95.8 Å². The first-order valence-electron chi connectivity index (χ1n) is 12.0. The average molecular weight is 506 g/mol. The van der Waals surface area contributed by atoms with E-state index in [0.717, 1.165) is 27.5 Å². The number of ether oxygens (including phenoxy) is 1. The van der Waals surface area contributed by atoms with Crippen LogP contribution < -0.4 is 4.90 Å². The molecule has 37 heavy (non-hydrogen) atoms. The predicted molar refractivity (Wildman–Crippen MR) is 145 cm³/mol. The lowest BCUT2D eigenvalue weighted by molar-refractivity contribution is 0.122. The summed E-state index contributed by atoms with van der Waals surface area (Å²) in [5.41, 5.74) is 3.88. The molecule has 182 valence electrons. The standard InChI is InChI=1S/C28H23N7OS/c29-19-21(18-22-20-34(23-8-3-1-4-9-23)32-26(22)25-12-7-17-37-25)27-30-31-28(33-13-15-36-16-14-33)35(27)24-10-5-2-6-11-24/h1-12,17-18,20H,13-16H2/b21-18-. The smallest absolute Gasteiger partial charge is 0.232 e. The van der Waals surface area contributed by atoms with E-state index < -0.39 is 0 Å². The number of para-hydroxylation sites is 2. The third-order valence-corrected chi connectivity index (χ3v) is 7.01. The Morgan fingerprint density at radius 3 is 2.32 bits per heavy atom. The molecular formula is C28H23N7OS. The summed E-state index contributed by atoms with van der Waals surface area (Å²) in [7, 11) is 0. The summed E-state index contributed by atoms with van der Waals surface area (Å²) >= 11 is 1.61. The van der Waals surface area contributed by atoms with Gasteiger partial charge in [-0.25, -0.2) is 4.68 Å². The van der Waals surface area contributed by atoms with E-state index in [0.29, 0.717) is 43.6 Å². The van der Waals surface area contributed by atoms with E-state index in [-0.39, 0.29) is 0 Å². The molecule has 0 bridgehead atoms. The number of hydrogen-bond donors (Lipinski definition) is 0. The number of hydrogen-bond acceptors (Lipinski definition) is 7. The number of thiophene rings is 1. The number of aromatic nitrogens is 5. The van der Waals surface area contributed by atoms with E-state index in [2.05, 4.69) is 21.2 Å². The summed E-state index contributed by atoms with van der Waals surface area (Å²) in [5.74, 6) is 1.18. The maximum absolute atomic E-state index is 10.3. The first kappa shape index (κ1) is 22.9. The van der Waals surface area contributed by atoms with Gasteiger partial charge in [-0.15, -0.1) is 21.5 Å². The van der Waals surface area contributed by atoms with Crippen molar-refractivity contribution in [2.24, 2.45) is 0 Å². The molecule has 1 aliphatic rings. The highest BCUT2D eigenvalue weighted by atomic mass is 32.1. The van der Waals surface area contributed by atoms with Gasteiger partial charge in [-0.05, 0) is 41.8 Å². The monoisotopic (exact) mass is 505 g/mol. The van der Waals surface area contributed by atoms with Crippen molar-refractivity contribution in [1.82, 2.24) is 24.5 Å². The van der Waals surface area contributed by atoms with Crippen LogP contribution in [0.5, 0.6) is 0 Å². The first-order chi connectivity index (χ1) is 18.3. The second-order valence-corrected chi connectivity index (χ2v) is 9.40. The molecule has 0 unspecified atom stereocenters. The van der Waals surface area contributed by atoms with Crippen LogP contribution in [0.1, 0.15) is 11.4 Å². The maximum atomic E-state index is 10.3. The van der Waals surface area contributed by atoms with Gasteiger partial charge in [-0.2, -0.15) is 10.4 Å². The normalized spacial score (nSPS) is 14.0. The van der Waals surface area contributed by atoms with Crippen LogP contribution in [0.25, 0.3) is 33.6 Å². The minimum Gasteiger partial charge on any atom is -0.378 e. The lowest BCUT2D eigenvalue weighted by Gasteiger charge is -2.28. The number of morpholine rings is 1. The Labute approximate surface area is 218 Å². The molecule has 1 aliphatic heterocycles. The lowest BCUT2D eigenvalue weighted by atomic mass is 10.1. The van der Waals surface area contributed by atoms with Crippen LogP contribution >= 0.6 is 11.3 Å². The van der Waals surface area contributed by atoms with Crippen molar-refractivity contribution in [2.45, 2.75) is 0 Å². The molecule has 1 saturated heterocycles. The molecule has 0 N–H and O–H groups in total. The van der Waals surface area contributed by atoms with Gasteiger partial charge in [0.1, 0.15) is 11.8 Å². The lowest BCUT2D eigenvalue weighted by Crippen LogP contribution is -2.38. The Bertz CT molecular complexity index is 1560. The van der Waals surface area contributed by atoms with Gasteiger partial charge in [0.05, 0.1) is 35.0 Å². The zero-order valence-corrected chi connectivity index (χ0v) is 20.8. The van der Waals surface area contributed by atoms with Gasteiger partial charge in [-0.3, -0.25) is 4.57 Å².